The van der Waals surface area contributed by atoms with Gasteiger partial charge in [0.05, 0.1) is 11.9 Å². The van der Waals surface area contributed by atoms with Gasteiger partial charge in [0.15, 0.2) is 5.82 Å². The quantitative estimate of drug-likeness (QED) is 0.686. The van der Waals surface area contributed by atoms with E-state index in [0.717, 1.165) is 5.06 Å². The zero-order valence-electron chi connectivity index (χ0n) is 6.88. The third-order valence-electron chi connectivity index (χ3n) is 1.71. The second-order valence-electron chi connectivity index (χ2n) is 2.59. The van der Waals surface area contributed by atoms with Gasteiger partial charge in [-0.25, -0.2) is 5.06 Å². The molecule has 2 aromatic rings. The number of nitrogens with zero attached hydrogens (tertiary/aromatic N) is 2. The van der Waals surface area contributed by atoms with E-state index in [1.54, 1.807) is 24.4 Å². The number of nitrogens with one attached hydrogen (secondary N) is 1. The van der Waals surface area contributed by atoms with Crippen LogP contribution in [0.4, 0.5) is 11.5 Å². The Labute approximate surface area is 75.4 Å². The standard InChI is InChI=1S/C9H9N3O/c13-12(9-6-7-10-11-9)8-4-2-1-3-5-8/h1-7,13H,(H,10,11). The van der Waals surface area contributed by atoms with Gasteiger partial charge in [0, 0.05) is 6.07 Å². The first-order valence-corrected chi connectivity index (χ1v) is 3.91. The number of aromatic amines is 1. The van der Waals surface area contributed by atoms with Crippen molar-refractivity contribution in [2.45, 2.75) is 0 Å². The third kappa shape index (κ3) is 1.52. The lowest BCUT2D eigenvalue weighted by atomic mass is 10.3. The van der Waals surface area contributed by atoms with Crippen molar-refractivity contribution in [3.63, 3.8) is 0 Å². The normalized spacial score (nSPS) is 9.92. The molecular formula is C9H9N3O. The lowest BCUT2D eigenvalue weighted by Gasteiger charge is -2.13. The van der Waals surface area contributed by atoms with Crippen LogP contribution >= 0.6 is 0 Å². The van der Waals surface area contributed by atoms with Crippen molar-refractivity contribution in [3.05, 3.63) is 42.6 Å². The summed E-state index contributed by atoms with van der Waals surface area (Å²) in [7, 11) is 0. The average Bonchev–Trinajstić information content (AvgIpc) is 2.71. The van der Waals surface area contributed by atoms with E-state index < -0.39 is 0 Å². The summed E-state index contributed by atoms with van der Waals surface area (Å²) >= 11 is 0. The van der Waals surface area contributed by atoms with Gasteiger partial charge in [-0.1, -0.05) is 18.2 Å². The van der Waals surface area contributed by atoms with Crippen LogP contribution in [-0.4, -0.2) is 15.4 Å². The third-order valence-corrected chi connectivity index (χ3v) is 1.71. The second kappa shape index (κ2) is 3.28. The number of benzene rings is 1. The Hall–Kier alpha value is -1.81. The first kappa shape index (κ1) is 7.82. The summed E-state index contributed by atoms with van der Waals surface area (Å²) in [6.07, 6.45) is 1.58. The van der Waals surface area contributed by atoms with E-state index in [1.165, 1.54) is 0 Å². The molecule has 1 aromatic carbocycles. The molecule has 0 saturated heterocycles. The van der Waals surface area contributed by atoms with Crippen LogP contribution in [-0.2, 0) is 0 Å². The Morgan fingerprint density at radius 2 is 1.92 bits per heavy atom. The molecule has 0 aliphatic heterocycles. The first-order chi connectivity index (χ1) is 6.38. The molecule has 13 heavy (non-hydrogen) atoms. The molecule has 0 aliphatic carbocycles. The molecule has 4 nitrogen and oxygen atoms in total. The number of para-hydroxylation sites is 1. The Morgan fingerprint density at radius 1 is 1.15 bits per heavy atom. The fourth-order valence-electron chi connectivity index (χ4n) is 1.07. The van der Waals surface area contributed by atoms with Crippen LogP contribution in [0.25, 0.3) is 0 Å². The lowest BCUT2D eigenvalue weighted by molar-refractivity contribution is 0.297. The number of H-pyrrole nitrogens is 1. The van der Waals surface area contributed by atoms with Crippen molar-refractivity contribution in [1.82, 2.24) is 10.2 Å². The molecule has 0 amide bonds. The van der Waals surface area contributed by atoms with Gasteiger partial charge in [0.1, 0.15) is 0 Å². The first-order valence-electron chi connectivity index (χ1n) is 3.91. The van der Waals surface area contributed by atoms with Crippen molar-refractivity contribution in [2.24, 2.45) is 0 Å². The summed E-state index contributed by atoms with van der Waals surface area (Å²) in [6.45, 7) is 0. The highest BCUT2D eigenvalue weighted by Gasteiger charge is 2.04. The fraction of sp³-hybridized carbons (Fsp3) is 0. The molecule has 0 aliphatic rings. The van der Waals surface area contributed by atoms with Gasteiger partial charge in [0.2, 0.25) is 0 Å². The predicted octanol–water partition coefficient (Wildman–Crippen LogP) is 1.94. The molecule has 1 heterocycles. The van der Waals surface area contributed by atoms with Crippen LogP contribution in [0.3, 0.4) is 0 Å². The van der Waals surface area contributed by atoms with Crippen LogP contribution in [0.1, 0.15) is 0 Å². The Morgan fingerprint density at radius 3 is 2.54 bits per heavy atom. The van der Waals surface area contributed by atoms with E-state index in [1.807, 2.05) is 18.2 Å². The largest absolute Gasteiger partial charge is 0.282 e. The van der Waals surface area contributed by atoms with Crippen LogP contribution in [0.5, 0.6) is 0 Å². The van der Waals surface area contributed by atoms with Gasteiger partial charge in [0.25, 0.3) is 0 Å². The number of rotatable bonds is 2. The topological polar surface area (TPSA) is 52.1 Å². The zero-order valence-corrected chi connectivity index (χ0v) is 6.88. The summed E-state index contributed by atoms with van der Waals surface area (Å²) in [6, 6.07) is 10.9. The molecule has 66 valence electrons. The highest BCUT2D eigenvalue weighted by Crippen LogP contribution is 2.19. The van der Waals surface area contributed by atoms with Gasteiger partial charge in [-0.05, 0) is 12.1 Å². The molecule has 4 heteroatoms. The summed E-state index contributed by atoms with van der Waals surface area (Å²) in [4.78, 5) is 0. The van der Waals surface area contributed by atoms with Crippen LogP contribution < -0.4 is 5.06 Å². The second-order valence-corrected chi connectivity index (χ2v) is 2.59. The number of hydrogen-bond acceptors (Lipinski definition) is 3. The van der Waals surface area contributed by atoms with Gasteiger partial charge < -0.3 is 0 Å². The maximum Gasteiger partial charge on any atom is 0.153 e. The summed E-state index contributed by atoms with van der Waals surface area (Å²) in [5.74, 6) is 0.547. The molecule has 0 atom stereocenters. The summed E-state index contributed by atoms with van der Waals surface area (Å²) in [5, 5.41) is 17.1. The van der Waals surface area contributed by atoms with Gasteiger partial charge in [-0.2, -0.15) is 5.10 Å². The fourth-order valence-corrected chi connectivity index (χ4v) is 1.07. The van der Waals surface area contributed by atoms with Crippen molar-refractivity contribution >= 4 is 11.5 Å². The molecule has 2 N–H and O–H groups in total. The van der Waals surface area contributed by atoms with E-state index in [-0.39, 0.29) is 0 Å². The maximum absolute atomic E-state index is 9.64. The number of hydrogen-bond donors (Lipinski definition) is 2. The van der Waals surface area contributed by atoms with E-state index in [2.05, 4.69) is 10.2 Å². The molecule has 2 rings (SSSR count). The Kier molecular flexibility index (Phi) is 1.97. The van der Waals surface area contributed by atoms with Crippen LogP contribution in [0.15, 0.2) is 42.6 Å². The lowest BCUT2D eigenvalue weighted by Crippen LogP contribution is -2.10. The molecule has 0 radical (unpaired) electrons. The molecule has 0 spiro atoms. The van der Waals surface area contributed by atoms with Crippen molar-refractivity contribution in [3.8, 4) is 0 Å². The predicted molar refractivity (Wildman–Crippen MR) is 49.0 cm³/mol. The molecule has 0 saturated carbocycles. The van der Waals surface area contributed by atoms with E-state index in [9.17, 15) is 5.21 Å². The average molecular weight is 175 g/mol. The smallest absolute Gasteiger partial charge is 0.153 e. The summed E-state index contributed by atoms with van der Waals surface area (Å²) < 4.78 is 0. The van der Waals surface area contributed by atoms with Gasteiger partial charge in [-0.15, -0.1) is 0 Å². The van der Waals surface area contributed by atoms with E-state index in [0.29, 0.717) is 11.5 Å². The number of anilines is 2. The SMILES string of the molecule is ON(c1ccccc1)c1ccn[nH]1. The molecule has 0 unspecified atom stereocenters. The molecule has 0 bridgehead atoms. The van der Waals surface area contributed by atoms with Gasteiger partial charge in [-0.3, -0.25) is 10.3 Å². The van der Waals surface area contributed by atoms with Gasteiger partial charge >= 0.3 is 0 Å². The Bertz CT molecular complexity index is 358. The van der Waals surface area contributed by atoms with Crippen LogP contribution in [0, 0.1) is 0 Å². The van der Waals surface area contributed by atoms with Crippen LogP contribution in [0.2, 0.25) is 0 Å². The zero-order chi connectivity index (χ0) is 9.10. The van der Waals surface area contributed by atoms with Crippen molar-refractivity contribution < 1.29 is 5.21 Å². The van der Waals surface area contributed by atoms with Crippen molar-refractivity contribution in [2.75, 3.05) is 5.06 Å². The number of aromatic nitrogens is 2. The molecule has 0 fully saturated rings. The minimum atomic E-state index is 0.547. The monoisotopic (exact) mass is 175 g/mol. The van der Waals surface area contributed by atoms with E-state index >= 15 is 0 Å². The maximum atomic E-state index is 9.64. The Balaban J connectivity index is 2.29. The molecule has 1 aromatic heterocycles. The molecular weight excluding hydrogens is 166 g/mol. The van der Waals surface area contributed by atoms with E-state index in [4.69, 9.17) is 0 Å². The highest BCUT2D eigenvalue weighted by atomic mass is 16.5. The minimum absolute atomic E-state index is 0.547. The van der Waals surface area contributed by atoms with Crippen molar-refractivity contribution in [1.29, 1.82) is 0 Å². The minimum Gasteiger partial charge on any atom is -0.282 e. The summed E-state index contributed by atoms with van der Waals surface area (Å²) in [5.41, 5.74) is 0.701. The highest BCUT2D eigenvalue weighted by molar-refractivity contribution is 5.55.